The molecule has 1 aromatic heterocycles. The van der Waals surface area contributed by atoms with Gasteiger partial charge in [0.25, 0.3) is 5.91 Å². The van der Waals surface area contributed by atoms with Gasteiger partial charge in [-0.3, -0.25) is 4.79 Å². The Bertz CT molecular complexity index is 608. The smallest absolute Gasteiger partial charge is 0.252 e. The van der Waals surface area contributed by atoms with E-state index in [-0.39, 0.29) is 6.04 Å². The van der Waals surface area contributed by atoms with Gasteiger partial charge >= 0.3 is 0 Å². The van der Waals surface area contributed by atoms with Crippen molar-refractivity contribution in [2.75, 3.05) is 0 Å². The van der Waals surface area contributed by atoms with Gasteiger partial charge in [0.2, 0.25) is 0 Å². The summed E-state index contributed by atoms with van der Waals surface area (Å²) in [5.41, 5.74) is 0.752. The summed E-state index contributed by atoms with van der Waals surface area (Å²) < 4.78 is 0.914. The molecule has 3 atom stereocenters. The third-order valence-electron chi connectivity index (χ3n) is 3.34. The van der Waals surface area contributed by atoms with E-state index in [1.54, 1.807) is 0 Å². The molecular formula is C16H22N2O3S. The third kappa shape index (κ3) is 4.03. The van der Waals surface area contributed by atoms with Crippen LogP contribution < -0.4 is 5.32 Å². The molecule has 0 saturated heterocycles. The molecule has 5 nitrogen and oxygen atoms in total. The third-order valence-corrected chi connectivity index (χ3v) is 4.45. The molecule has 0 aliphatic rings. The standard InChI is InChI=1S/C16H22N2O3S/c1-9(2)8-10(3)17-15(21)13(19)14(20)16-18-11-6-4-5-7-12(11)22-16/h4-7,9-10,13-14,19-20H,8H2,1-3H3,(H,17,21)/t10-,13-,14+/m0/s1. The number of carbonyl (C=O) groups is 1. The van der Waals surface area contributed by atoms with Crippen molar-refractivity contribution in [3.8, 4) is 0 Å². The van der Waals surface area contributed by atoms with Crippen molar-refractivity contribution in [3.05, 3.63) is 29.3 Å². The van der Waals surface area contributed by atoms with E-state index in [4.69, 9.17) is 0 Å². The number of amides is 1. The summed E-state index contributed by atoms with van der Waals surface area (Å²) in [7, 11) is 0. The van der Waals surface area contributed by atoms with Crippen molar-refractivity contribution < 1.29 is 15.0 Å². The van der Waals surface area contributed by atoms with Crippen molar-refractivity contribution in [1.29, 1.82) is 0 Å². The summed E-state index contributed by atoms with van der Waals surface area (Å²) in [6, 6.07) is 7.41. The predicted molar refractivity (Wildman–Crippen MR) is 87.6 cm³/mol. The number of benzene rings is 1. The van der Waals surface area contributed by atoms with Gasteiger partial charge in [-0.2, -0.15) is 0 Å². The SMILES string of the molecule is CC(C)C[C@H](C)NC(=O)[C@@H](O)[C@@H](O)c1nc2ccccc2s1. The van der Waals surface area contributed by atoms with Crippen LogP contribution in [0.5, 0.6) is 0 Å². The van der Waals surface area contributed by atoms with Gasteiger partial charge in [0.15, 0.2) is 6.10 Å². The molecule has 3 N–H and O–H groups in total. The van der Waals surface area contributed by atoms with Crippen molar-refractivity contribution >= 4 is 27.5 Å². The van der Waals surface area contributed by atoms with E-state index in [2.05, 4.69) is 24.1 Å². The zero-order valence-electron chi connectivity index (χ0n) is 13.0. The van der Waals surface area contributed by atoms with Crippen molar-refractivity contribution in [3.63, 3.8) is 0 Å². The van der Waals surface area contributed by atoms with Crippen LogP contribution in [0.1, 0.15) is 38.3 Å². The number of aliphatic hydroxyl groups excluding tert-OH is 2. The lowest BCUT2D eigenvalue weighted by Crippen LogP contribution is -2.43. The molecule has 0 radical (unpaired) electrons. The maximum absolute atomic E-state index is 12.0. The van der Waals surface area contributed by atoms with Gasteiger partial charge in [0.1, 0.15) is 11.1 Å². The summed E-state index contributed by atoms with van der Waals surface area (Å²) >= 11 is 1.28. The van der Waals surface area contributed by atoms with Crippen LogP contribution in [0.2, 0.25) is 0 Å². The van der Waals surface area contributed by atoms with Crippen molar-refractivity contribution in [2.24, 2.45) is 5.92 Å². The van der Waals surface area contributed by atoms with E-state index >= 15 is 0 Å². The van der Waals surface area contributed by atoms with Crippen LogP contribution in [0.3, 0.4) is 0 Å². The number of thiazole rings is 1. The highest BCUT2D eigenvalue weighted by Crippen LogP contribution is 2.28. The van der Waals surface area contributed by atoms with Crippen molar-refractivity contribution in [2.45, 2.75) is 45.4 Å². The normalized spacial score (nSPS) is 15.7. The fraction of sp³-hybridized carbons (Fsp3) is 0.500. The number of hydrogen-bond donors (Lipinski definition) is 3. The van der Waals surface area contributed by atoms with E-state index in [1.807, 2.05) is 31.2 Å². The minimum Gasteiger partial charge on any atom is -0.383 e. The van der Waals surface area contributed by atoms with Crippen LogP contribution in [0.25, 0.3) is 10.2 Å². The van der Waals surface area contributed by atoms with E-state index < -0.39 is 18.1 Å². The average Bonchev–Trinajstić information content (AvgIpc) is 2.88. The molecule has 120 valence electrons. The molecule has 1 aromatic carbocycles. The molecule has 0 spiro atoms. The first-order chi connectivity index (χ1) is 10.4. The molecule has 6 heteroatoms. The number of nitrogens with zero attached hydrogens (tertiary/aromatic N) is 1. The molecule has 22 heavy (non-hydrogen) atoms. The predicted octanol–water partition coefficient (Wildman–Crippen LogP) is 2.24. The Balaban J connectivity index is 2.04. The summed E-state index contributed by atoms with van der Waals surface area (Å²) in [6.07, 6.45) is -2.02. The highest BCUT2D eigenvalue weighted by atomic mass is 32.1. The van der Waals surface area contributed by atoms with Crippen LogP contribution in [-0.2, 0) is 4.79 Å². The quantitative estimate of drug-likeness (QED) is 0.762. The molecule has 0 saturated carbocycles. The maximum Gasteiger partial charge on any atom is 0.252 e. The molecule has 1 amide bonds. The molecule has 0 aliphatic heterocycles. The van der Waals surface area contributed by atoms with Crippen LogP contribution >= 0.6 is 11.3 Å². The first kappa shape index (κ1) is 16.9. The monoisotopic (exact) mass is 322 g/mol. The molecule has 0 bridgehead atoms. The maximum atomic E-state index is 12.0. The van der Waals surface area contributed by atoms with Crippen LogP contribution in [0.15, 0.2) is 24.3 Å². The number of rotatable bonds is 6. The molecule has 2 rings (SSSR count). The number of nitrogens with one attached hydrogen (secondary N) is 1. The lowest BCUT2D eigenvalue weighted by molar-refractivity contribution is -0.136. The Morgan fingerprint density at radius 1 is 1.27 bits per heavy atom. The van der Waals surface area contributed by atoms with Crippen LogP contribution in [0, 0.1) is 5.92 Å². The largest absolute Gasteiger partial charge is 0.383 e. The lowest BCUT2D eigenvalue weighted by atomic mass is 10.0. The van der Waals surface area contributed by atoms with Crippen LogP contribution in [0.4, 0.5) is 0 Å². The molecule has 1 heterocycles. The van der Waals surface area contributed by atoms with Gasteiger partial charge in [-0.15, -0.1) is 11.3 Å². The molecule has 0 aliphatic carbocycles. The minimum absolute atomic E-state index is 0.0512. The second-order valence-electron chi connectivity index (χ2n) is 5.95. The second kappa shape index (κ2) is 7.17. The zero-order chi connectivity index (χ0) is 16.3. The summed E-state index contributed by atoms with van der Waals surface area (Å²) in [5.74, 6) is -0.124. The van der Waals surface area contributed by atoms with Crippen molar-refractivity contribution in [1.82, 2.24) is 10.3 Å². The van der Waals surface area contributed by atoms with Gasteiger partial charge in [0, 0.05) is 6.04 Å². The number of aliphatic hydroxyl groups is 2. The summed E-state index contributed by atoms with van der Waals surface area (Å²) in [4.78, 5) is 16.3. The molecular weight excluding hydrogens is 300 g/mol. The Hall–Kier alpha value is -1.50. The van der Waals surface area contributed by atoms with Gasteiger partial charge < -0.3 is 15.5 Å². The van der Waals surface area contributed by atoms with E-state index in [0.717, 1.165) is 16.6 Å². The second-order valence-corrected chi connectivity index (χ2v) is 7.01. The summed E-state index contributed by atoms with van der Waals surface area (Å²) in [5, 5.41) is 23.3. The molecule has 2 aromatic rings. The van der Waals surface area contributed by atoms with Gasteiger partial charge in [-0.1, -0.05) is 26.0 Å². The van der Waals surface area contributed by atoms with E-state index in [1.165, 1.54) is 11.3 Å². The summed E-state index contributed by atoms with van der Waals surface area (Å²) in [6.45, 7) is 6.01. The Morgan fingerprint density at radius 3 is 2.59 bits per heavy atom. The number of fused-ring (bicyclic) bond motifs is 1. The first-order valence-electron chi connectivity index (χ1n) is 7.40. The topological polar surface area (TPSA) is 82.5 Å². The van der Waals surface area contributed by atoms with Crippen LogP contribution in [-0.4, -0.2) is 33.3 Å². The Labute approximate surface area is 134 Å². The Kier molecular flexibility index (Phi) is 5.50. The molecule has 0 unspecified atom stereocenters. The fourth-order valence-electron chi connectivity index (χ4n) is 2.39. The number of hydrogen-bond acceptors (Lipinski definition) is 5. The van der Waals surface area contributed by atoms with E-state index in [0.29, 0.717) is 10.9 Å². The zero-order valence-corrected chi connectivity index (χ0v) is 13.8. The highest BCUT2D eigenvalue weighted by molar-refractivity contribution is 7.18. The van der Waals surface area contributed by atoms with E-state index in [9.17, 15) is 15.0 Å². The van der Waals surface area contributed by atoms with Gasteiger partial charge in [0.05, 0.1) is 10.2 Å². The highest BCUT2D eigenvalue weighted by Gasteiger charge is 2.29. The lowest BCUT2D eigenvalue weighted by Gasteiger charge is -2.20. The number of para-hydroxylation sites is 1. The minimum atomic E-state index is -1.52. The van der Waals surface area contributed by atoms with Gasteiger partial charge in [-0.05, 0) is 31.4 Å². The fourth-order valence-corrected chi connectivity index (χ4v) is 3.37. The van der Waals surface area contributed by atoms with Gasteiger partial charge in [-0.25, -0.2) is 4.98 Å². The Morgan fingerprint density at radius 2 is 1.95 bits per heavy atom. The molecule has 0 fully saturated rings. The number of aromatic nitrogens is 1. The first-order valence-corrected chi connectivity index (χ1v) is 8.22. The average molecular weight is 322 g/mol. The number of carbonyl (C=O) groups excluding carboxylic acids is 1.